The van der Waals surface area contributed by atoms with Gasteiger partial charge in [0.15, 0.2) is 0 Å². The average Bonchev–Trinajstić information content (AvgIpc) is 2.71. The quantitative estimate of drug-likeness (QED) is 0.635. The van der Waals surface area contributed by atoms with Crippen molar-refractivity contribution in [2.45, 2.75) is 0 Å². The van der Waals surface area contributed by atoms with Crippen LogP contribution in [0.25, 0.3) is 10.1 Å². The van der Waals surface area contributed by atoms with E-state index in [1.165, 1.54) is 0 Å². The number of nitrogens with one attached hydrogen (secondary N) is 1. The molecule has 0 saturated carbocycles. The van der Waals surface area contributed by atoms with Gasteiger partial charge < -0.3 is 11.1 Å². The first-order valence-corrected chi connectivity index (χ1v) is 7.34. The highest BCUT2D eigenvalue weighted by molar-refractivity contribution is 7.23. The number of fused-ring (bicyclic) bond motifs is 4. The third-order valence-electron chi connectivity index (χ3n) is 3.30. The van der Waals surface area contributed by atoms with Crippen molar-refractivity contribution < 1.29 is 0 Å². The summed E-state index contributed by atoms with van der Waals surface area (Å²) in [5.74, 6) is 0.533. The van der Waals surface area contributed by atoms with Crippen LogP contribution in [0.3, 0.4) is 0 Å². The summed E-state index contributed by atoms with van der Waals surface area (Å²) in [6, 6.07) is 13.7. The molecule has 3 nitrogen and oxygen atoms in total. The molecule has 4 rings (SSSR count). The molecule has 0 radical (unpaired) electrons. The standard InChI is InChI=1S/C15H10ClN3S/c16-8-5-6-9-12(7-8)20-15-13(9)14(17)18-10-3-1-2-4-11(10)19-15/h1-7,19H,(H2,17,18). The van der Waals surface area contributed by atoms with Crippen LogP contribution in [0.2, 0.25) is 5.02 Å². The molecule has 5 heteroatoms. The minimum Gasteiger partial charge on any atom is -0.383 e. The highest BCUT2D eigenvalue weighted by Gasteiger charge is 2.19. The summed E-state index contributed by atoms with van der Waals surface area (Å²) in [6.07, 6.45) is 0. The lowest BCUT2D eigenvalue weighted by atomic mass is 10.1. The Morgan fingerprint density at radius 2 is 2.00 bits per heavy atom. The van der Waals surface area contributed by atoms with Gasteiger partial charge in [-0.15, -0.1) is 11.3 Å². The number of halogens is 1. The number of nitrogens with zero attached hydrogens (tertiary/aromatic N) is 1. The Morgan fingerprint density at radius 1 is 1.15 bits per heavy atom. The lowest BCUT2D eigenvalue weighted by Gasteiger charge is -2.04. The number of anilines is 2. The van der Waals surface area contributed by atoms with Crippen LogP contribution in [-0.2, 0) is 0 Å². The molecule has 0 fully saturated rings. The van der Waals surface area contributed by atoms with Gasteiger partial charge in [-0.2, -0.15) is 0 Å². The lowest BCUT2D eigenvalue weighted by molar-refractivity contribution is 1.49. The van der Waals surface area contributed by atoms with Crippen molar-refractivity contribution in [2.75, 3.05) is 5.32 Å². The number of thiophene rings is 1. The Bertz CT molecular complexity index is 867. The molecule has 2 aromatic carbocycles. The van der Waals surface area contributed by atoms with Crippen molar-refractivity contribution in [3.8, 4) is 0 Å². The van der Waals surface area contributed by atoms with Crippen molar-refractivity contribution in [2.24, 2.45) is 10.7 Å². The molecule has 0 amide bonds. The Kier molecular flexibility index (Phi) is 2.49. The molecule has 0 spiro atoms. The number of hydrogen-bond acceptors (Lipinski definition) is 4. The van der Waals surface area contributed by atoms with Crippen LogP contribution in [0.5, 0.6) is 0 Å². The van der Waals surface area contributed by atoms with Gasteiger partial charge in [0.2, 0.25) is 0 Å². The maximum absolute atomic E-state index is 6.19. The molecule has 20 heavy (non-hydrogen) atoms. The van der Waals surface area contributed by atoms with Gasteiger partial charge in [-0.05, 0) is 24.3 Å². The van der Waals surface area contributed by atoms with E-state index in [-0.39, 0.29) is 0 Å². The molecule has 3 aromatic rings. The second-order valence-electron chi connectivity index (χ2n) is 4.59. The molecule has 3 N–H and O–H groups in total. The Labute approximate surface area is 124 Å². The highest BCUT2D eigenvalue weighted by atomic mass is 35.5. The average molecular weight is 300 g/mol. The van der Waals surface area contributed by atoms with Gasteiger partial charge in [-0.25, -0.2) is 4.99 Å². The molecule has 0 atom stereocenters. The number of amidine groups is 1. The van der Waals surface area contributed by atoms with Gasteiger partial charge >= 0.3 is 0 Å². The SMILES string of the molecule is NC1=Nc2ccccc2Nc2sc3cc(Cl)ccc3c21. The van der Waals surface area contributed by atoms with E-state index in [2.05, 4.69) is 10.3 Å². The summed E-state index contributed by atoms with van der Waals surface area (Å²) in [6.45, 7) is 0. The van der Waals surface area contributed by atoms with Gasteiger partial charge in [0.1, 0.15) is 10.8 Å². The molecular weight excluding hydrogens is 290 g/mol. The molecule has 0 saturated heterocycles. The molecule has 98 valence electrons. The number of rotatable bonds is 0. The minimum atomic E-state index is 0.533. The van der Waals surface area contributed by atoms with Gasteiger partial charge in [-0.1, -0.05) is 29.8 Å². The van der Waals surface area contributed by atoms with E-state index >= 15 is 0 Å². The van der Waals surface area contributed by atoms with Gasteiger partial charge in [0, 0.05) is 15.1 Å². The van der Waals surface area contributed by atoms with Crippen LogP contribution in [0.4, 0.5) is 16.4 Å². The van der Waals surface area contributed by atoms with Crippen molar-refractivity contribution in [3.05, 3.63) is 53.1 Å². The number of aliphatic imine (C=N–C) groups is 1. The fourth-order valence-electron chi connectivity index (χ4n) is 2.40. The van der Waals surface area contributed by atoms with Crippen LogP contribution in [0.1, 0.15) is 5.56 Å². The van der Waals surface area contributed by atoms with E-state index in [0.717, 1.165) is 37.0 Å². The second kappa shape index (κ2) is 4.23. The van der Waals surface area contributed by atoms with Crippen molar-refractivity contribution >= 4 is 55.2 Å². The summed E-state index contributed by atoms with van der Waals surface area (Å²) in [5, 5.41) is 6.24. The Balaban J connectivity index is 2.03. The normalized spacial score (nSPS) is 13.2. The maximum atomic E-state index is 6.19. The van der Waals surface area contributed by atoms with Gasteiger partial charge in [0.05, 0.1) is 16.9 Å². The first kappa shape index (κ1) is 11.8. The topological polar surface area (TPSA) is 50.4 Å². The van der Waals surface area contributed by atoms with E-state index < -0.39 is 0 Å². The third-order valence-corrected chi connectivity index (χ3v) is 4.60. The second-order valence-corrected chi connectivity index (χ2v) is 6.07. The molecule has 1 aliphatic heterocycles. The molecule has 0 aliphatic carbocycles. The molecule has 0 unspecified atom stereocenters. The van der Waals surface area contributed by atoms with E-state index in [1.54, 1.807) is 11.3 Å². The van der Waals surface area contributed by atoms with E-state index in [1.807, 2.05) is 42.5 Å². The zero-order chi connectivity index (χ0) is 13.7. The maximum Gasteiger partial charge on any atom is 0.135 e. The third kappa shape index (κ3) is 1.69. The minimum absolute atomic E-state index is 0.533. The number of para-hydroxylation sites is 2. The van der Waals surface area contributed by atoms with Crippen LogP contribution >= 0.6 is 22.9 Å². The summed E-state index contributed by atoms with van der Waals surface area (Å²) in [4.78, 5) is 4.53. The van der Waals surface area contributed by atoms with Crippen molar-refractivity contribution in [1.29, 1.82) is 0 Å². The molecule has 2 heterocycles. The number of hydrogen-bond donors (Lipinski definition) is 2. The molecular formula is C15H10ClN3S. The van der Waals surface area contributed by atoms with Gasteiger partial charge in [0.25, 0.3) is 0 Å². The molecule has 0 bridgehead atoms. The van der Waals surface area contributed by atoms with E-state index in [9.17, 15) is 0 Å². The molecule has 1 aliphatic rings. The lowest BCUT2D eigenvalue weighted by Crippen LogP contribution is -2.12. The Hall–Kier alpha value is -2.04. The predicted molar refractivity (Wildman–Crippen MR) is 86.9 cm³/mol. The van der Waals surface area contributed by atoms with E-state index in [0.29, 0.717) is 5.84 Å². The van der Waals surface area contributed by atoms with Crippen LogP contribution in [-0.4, -0.2) is 5.84 Å². The number of benzene rings is 2. The van der Waals surface area contributed by atoms with Crippen LogP contribution < -0.4 is 11.1 Å². The van der Waals surface area contributed by atoms with Crippen LogP contribution in [0.15, 0.2) is 47.5 Å². The van der Waals surface area contributed by atoms with Crippen molar-refractivity contribution in [1.82, 2.24) is 0 Å². The fourth-order valence-corrected chi connectivity index (χ4v) is 3.80. The summed E-state index contributed by atoms with van der Waals surface area (Å²) < 4.78 is 1.10. The van der Waals surface area contributed by atoms with Gasteiger partial charge in [-0.3, -0.25) is 0 Å². The summed E-state index contributed by atoms with van der Waals surface area (Å²) in [7, 11) is 0. The van der Waals surface area contributed by atoms with Crippen molar-refractivity contribution in [3.63, 3.8) is 0 Å². The number of nitrogens with two attached hydrogens (primary N) is 1. The first-order chi connectivity index (χ1) is 9.72. The highest BCUT2D eigenvalue weighted by Crippen LogP contribution is 2.42. The zero-order valence-corrected chi connectivity index (χ0v) is 11.9. The fraction of sp³-hybridized carbons (Fsp3) is 0. The Morgan fingerprint density at radius 3 is 2.90 bits per heavy atom. The predicted octanol–water partition coefficient (Wildman–Crippen LogP) is 4.65. The summed E-state index contributed by atoms with van der Waals surface area (Å²) in [5.41, 5.74) is 8.97. The summed E-state index contributed by atoms with van der Waals surface area (Å²) >= 11 is 7.69. The monoisotopic (exact) mass is 299 g/mol. The zero-order valence-electron chi connectivity index (χ0n) is 10.4. The van der Waals surface area contributed by atoms with Crippen LogP contribution in [0, 0.1) is 0 Å². The first-order valence-electron chi connectivity index (χ1n) is 6.15. The molecule has 1 aromatic heterocycles. The largest absolute Gasteiger partial charge is 0.383 e. The van der Waals surface area contributed by atoms with E-state index in [4.69, 9.17) is 17.3 Å². The smallest absolute Gasteiger partial charge is 0.135 e.